The zero-order valence-corrected chi connectivity index (χ0v) is 18.7. The summed E-state index contributed by atoms with van der Waals surface area (Å²) in [7, 11) is 0. The smallest absolute Gasteiger partial charge is 0.0235 e. The average molecular weight is 337 g/mol. The van der Waals surface area contributed by atoms with Crippen molar-refractivity contribution in [2.45, 2.75) is 101 Å². The molecule has 1 saturated carbocycles. The molecular weight excluding hydrogens is 288 g/mol. The van der Waals surface area contributed by atoms with Crippen molar-refractivity contribution in [2.24, 2.45) is 52.8 Å². The van der Waals surface area contributed by atoms with Crippen molar-refractivity contribution in [3.63, 3.8) is 0 Å². The summed E-state index contributed by atoms with van der Waals surface area (Å²) in [6, 6.07) is 0. The van der Waals surface area contributed by atoms with E-state index in [0.717, 1.165) is 47.3 Å². The van der Waals surface area contributed by atoms with E-state index in [4.69, 9.17) is 0 Å². The number of hydrogen-bond acceptors (Lipinski definition) is 0. The zero-order valence-electron chi connectivity index (χ0n) is 18.7. The summed E-state index contributed by atoms with van der Waals surface area (Å²) < 4.78 is 0. The van der Waals surface area contributed by atoms with Crippen LogP contribution in [0, 0.1) is 52.8 Å². The minimum Gasteiger partial charge on any atom is -0.0628 e. The molecule has 0 aliphatic heterocycles. The van der Waals surface area contributed by atoms with Crippen LogP contribution >= 0.6 is 0 Å². The maximum atomic E-state index is 2.64. The first-order valence-corrected chi connectivity index (χ1v) is 11.0. The van der Waals surface area contributed by atoms with Gasteiger partial charge in [-0.2, -0.15) is 0 Å². The maximum Gasteiger partial charge on any atom is -0.0235 e. The summed E-state index contributed by atoms with van der Waals surface area (Å²) in [4.78, 5) is 0. The second-order valence-corrected chi connectivity index (χ2v) is 10.8. The highest BCUT2D eigenvalue weighted by Gasteiger charge is 2.62. The lowest BCUT2D eigenvalue weighted by Crippen LogP contribution is -2.22. The molecule has 6 atom stereocenters. The third-order valence-electron chi connectivity index (χ3n) is 7.69. The van der Waals surface area contributed by atoms with Gasteiger partial charge in [0, 0.05) is 0 Å². The zero-order chi connectivity index (χ0) is 18.7. The lowest BCUT2D eigenvalue weighted by atomic mass is 9.75. The Morgan fingerprint density at radius 1 is 0.750 bits per heavy atom. The van der Waals surface area contributed by atoms with Crippen LogP contribution in [-0.4, -0.2) is 0 Å². The normalized spacial score (nSPS) is 30.9. The molecule has 0 nitrogen and oxygen atoms in total. The molecule has 6 unspecified atom stereocenters. The molecule has 1 aliphatic carbocycles. The predicted molar refractivity (Wildman–Crippen MR) is 110 cm³/mol. The van der Waals surface area contributed by atoms with E-state index in [9.17, 15) is 0 Å². The summed E-state index contributed by atoms with van der Waals surface area (Å²) >= 11 is 0. The monoisotopic (exact) mass is 336 g/mol. The van der Waals surface area contributed by atoms with Crippen LogP contribution in [0.15, 0.2) is 0 Å². The molecule has 0 N–H and O–H groups in total. The second kappa shape index (κ2) is 9.09. The quantitative estimate of drug-likeness (QED) is 0.358. The summed E-state index contributed by atoms with van der Waals surface area (Å²) in [6.07, 6.45) is 7.18. The standard InChI is InChI=1S/C24H48/c1-16(2)14-20(8)21(9)24(10)22(23(24)15-17(3)4)13-11-12-19(7)18(5)6/h16-23H,11-15H2,1-10H3. The highest BCUT2D eigenvalue weighted by molar-refractivity contribution is 5.10. The SMILES string of the molecule is CC(C)CC(C)C(C)C1(C)C(CCCC(C)C(C)C)C1CC(C)C. The van der Waals surface area contributed by atoms with Crippen LogP contribution in [0.4, 0.5) is 0 Å². The van der Waals surface area contributed by atoms with Gasteiger partial charge >= 0.3 is 0 Å². The topological polar surface area (TPSA) is 0 Å². The number of hydrogen-bond donors (Lipinski definition) is 0. The summed E-state index contributed by atoms with van der Waals surface area (Å²) in [5.74, 6) is 7.11. The molecule has 0 bridgehead atoms. The Bertz CT molecular complexity index is 353. The third-order valence-corrected chi connectivity index (χ3v) is 7.69. The molecule has 0 radical (unpaired) electrons. The lowest BCUT2D eigenvalue weighted by molar-refractivity contribution is 0.194. The predicted octanol–water partition coefficient (Wildman–Crippen LogP) is 8.07. The molecule has 1 rings (SSSR count). The first-order valence-electron chi connectivity index (χ1n) is 11.0. The Kier molecular flexibility index (Phi) is 8.35. The van der Waals surface area contributed by atoms with Crippen LogP contribution in [0.2, 0.25) is 0 Å². The van der Waals surface area contributed by atoms with Gasteiger partial charge in [-0.3, -0.25) is 0 Å². The maximum absolute atomic E-state index is 2.64. The minimum absolute atomic E-state index is 0.611. The van der Waals surface area contributed by atoms with Gasteiger partial charge in [0.2, 0.25) is 0 Å². The summed E-state index contributed by atoms with van der Waals surface area (Å²) in [6.45, 7) is 24.5. The van der Waals surface area contributed by atoms with Crippen LogP contribution < -0.4 is 0 Å². The van der Waals surface area contributed by atoms with E-state index in [1.165, 1.54) is 32.1 Å². The molecule has 0 aromatic carbocycles. The largest absolute Gasteiger partial charge is 0.0628 e. The molecule has 0 heteroatoms. The lowest BCUT2D eigenvalue weighted by Gasteiger charge is -2.30. The molecule has 0 saturated heterocycles. The van der Waals surface area contributed by atoms with Crippen LogP contribution in [0.5, 0.6) is 0 Å². The third kappa shape index (κ3) is 5.50. The molecule has 24 heavy (non-hydrogen) atoms. The molecule has 0 aromatic heterocycles. The second-order valence-electron chi connectivity index (χ2n) is 10.8. The molecular formula is C24H48. The molecule has 0 aromatic rings. The van der Waals surface area contributed by atoms with Gasteiger partial charge in [0.1, 0.15) is 0 Å². The van der Waals surface area contributed by atoms with Gasteiger partial charge in [-0.05, 0) is 72.0 Å². The molecule has 0 heterocycles. The van der Waals surface area contributed by atoms with Crippen molar-refractivity contribution in [1.82, 2.24) is 0 Å². The van der Waals surface area contributed by atoms with E-state index in [-0.39, 0.29) is 0 Å². The van der Waals surface area contributed by atoms with Gasteiger partial charge in [-0.1, -0.05) is 82.1 Å². The van der Waals surface area contributed by atoms with Crippen molar-refractivity contribution in [3.8, 4) is 0 Å². The summed E-state index contributed by atoms with van der Waals surface area (Å²) in [5, 5.41) is 0. The van der Waals surface area contributed by atoms with E-state index in [1.807, 2.05) is 0 Å². The number of rotatable bonds is 11. The van der Waals surface area contributed by atoms with Gasteiger partial charge in [-0.15, -0.1) is 0 Å². The van der Waals surface area contributed by atoms with E-state index >= 15 is 0 Å². The minimum atomic E-state index is 0.611. The van der Waals surface area contributed by atoms with Crippen LogP contribution in [0.3, 0.4) is 0 Å². The Morgan fingerprint density at radius 2 is 1.33 bits per heavy atom. The van der Waals surface area contributed by atoms with Gasteiger partial charge in [0.05, 0.1) is 0 Å². The fraction of sp³-hybridized carbons (Fsp3) is 1.00. The fourth-order valence-corrected chi connectivity index (χ4v) is 5.39. The van der Waals surface area contributed by atoms with E-state index in [2.05, 4.69) is 69.2 Å². The Labute approximate surface area is 154 Å². The van der Waals surface area contributed by atoms with Gasteiger partial charge in [0.25, 0.3) is 0 Å². The van der Waals surface area contributed by atoms with Crippen molar-refractivity contribution in [3.05, 3.63) is 0 Å². The molecule has 0 amide bonds. The van der Waals surface area contributed by atoms with Crippen molar-refractivity contribution in [1.29, 1.82) is 0 Å². The Balaban J connectivity index is 2.67. The van der Waals surface area contributed by atoms with Gasteiger partial charge < -0.3 is 0 Å². The first-order chi connectivity index (χ1) is 11.0. The highest BCUT2D eigenvalue weighted by atomic mass is 14.7. The molecule has 1 aliphatic rings. The first kappa shape index (κ1) is 22.0. The Hall–Kier alpha value is 0. The van der Waals surface area contributed by atoms with Crippen LogP contribution in [0.25, 0.3) is 0 Å². The molecule has 1 fully saturated rings. The van der Waals surface area contributed by atoms with E-state index in [0.29, 0.717) is 5.41 Å². The van der Waals surface area contributed by atoms with Gasteiger partial charge in [-0.25, -0.2) is 0 Å². The highest BCUT2D eigenvalue weighted by Crippen LogP contribution is 2.68. The van der Waals surface area contributed by atoms with Crippen molar-refractivity contribution >= 4 is 0 Å². The Morgan fingerprint density at radius 3 is 1.79 bits per heavy atom. The van der Waals surface area contributed by atoms with Crippen molar-refractivity contribution in [2.75, 3.05) is 0 Å². The van der Waals surface area contributed by atoms with Gasteiger partial charge in [0.15, 0.2) is 0 Å². The average Bonchev–Trinajstić information content (AvgIpc) is 3.01. The summed E-state index contributed by atoms with van der Waals surface area (Å²) in [5.41, 5.74) is 0.611. The fourth-order valence-electron chi connectivity index (χ4n) is 5.39. The van der Waals surface area contributed by atoms with Crippen LogP contribution in [-0.2, 0) is 0 Å². The molecule has 144 valence electrons. The van der Waals surface area contributed by atoms with Crippen LogP contribution in [0.1, 0.15) is 101 Å². The van der Waals surface area contributed by atoms with E-state index in [1.54, 1.807) is 0 Å². The molecule has 0 spiro atoms. The van der Waals surface area contributed by atoms with Crippen molar-refractivity contribution < 1.29 is 0 Å². The van der Waals surface area contributed by atoms with E-state index < -0.39 is 0 Å².